The number of rotatable bonds is 4. The molecule has 0 saturated carbocycles. The van der Waals surface area contributed by atoms with Crippen LogP contribution in [-0.4, -0.2) is 37.6 Å². The summed E-state index contributed by atoms with van der Waals surface area (Å²) < 4.78 is 9.56. The Hall–Kier alpha value is -2.30. The van der Waals surface area contributed by atoms with Crippen LogP contribution in [-0.2, 0) is 25.6 Å². The van der Waals surface area contributed by atoms with Crippen molar-refractivity contribution >= 4 is 11.9 Å². The van der Waals surface area contributed by atoms with E-state index >= 15 is 0 Å². The highest BCUT2D eigenvalue weighted by Crippen LogP contribution is 2.24. The van der Waals surface area contributed by atoms with Gasteiger partial charge in [0.15, 0.2) is 0 Å². The van der Waals surface area contributed by atoms with Crippen LogP contribution in [0.3, 0.4) is 0 Å². The highest BCUT2D eigenvalue weighted by atomic mass is 16.5. The molecule has 5 heteroatoms. The third-order valence-corrected chi connectivity index (χ3v) is 3.57. The summed E-state index contributed by atoms with van der Waals surface area (Å²) in [6, 6.07) is 9.94. The maximum absolute atomic E-state index is 11.9. The Labute approximate surface area is 124 Å². The zero-order chi connectivity index (χ0) is 15.2. The minimum atomic E-state index is -0.588. The molecule has 0 amide bonds. The van der Waals surface area contributed by atoms with Gasteiger partial charge in [0.2, 0.25) is 0 Å². The van der Waals surface area contributed by atoms with Crippen LogP contribution in [0.5, 0.6) is 0 Å². The minimum Gasteiger partial charge on any atom is -0.469 e. The molecule has 21 heavy (non-hydrogen) atoms. The van der Waals surface area contributed by atoms with Gasteiger partial charge in [-0.15, -0.1) is 0 Å². The van der Waals surface area contributed by atoms with Crippen LogP contribution in [0.1, 0.15) is 5.56 Å². The van der Waals surface area contributed by atoms with Gasteiger partial charge in [0.1, 0.15) is 0 Å². The van der Waals surface area contributed by atoms with Crippen LogP contribution in [0.25, 0.3) is 0 Å². The lowest BCUT2D eigenvalue weighted by Gasteiger charge is -2.32. The SMILES string of the molecule is COC(=O)C1C=CN(Cc2ccccc2)CC1C(=O)OC. The van der Waals surface area contributed by atoms with E-state index in [0.29, 0.717) is 13.1 Å². The maximum atomic E-state index is 11.9. The fourth-order valence-electron chi connectivity index (χ4n) is 2.46. The Morgan fingerprint density at radius 1 is 1.14 bits per heavy atom. The maximum Gasteiger partial charge on any atom is 0.313 e. The summed E-state index contributed by atoms with van der Waals surface area (Å²) in [5.74, 6) is -1.94. The van der Waals surface area contributed by atoms with Crippen LogP contribution < -0.4 is 0 Å². The normalized spacial score (nSPS) is 21.0. The Kier molecular flexibility index (Phi) is 4.98. The quantitative estimate of drug-likeness (QED) is 0.788. The van der Waals surface area contributed by atoms with Crippen LogP contribution in [0.15, 0.2) is 42.6 Å². The van der Waals surface area contributed by atoms with Crippen molar-refractivity contribution in [3.63, 3.8) is 0 Å². The fourth-order valence-corrected chi connectivity index (χ4v) is 2.46. The molecule has 0 aliphatic carbocycles. The summed E-state index contributed by atoms with van der Waals surface area (Å²) in [6.45, 7) is 1.11. The highest BCUT2D eigenvalue weighted by molar-refractivity contribution is 5.84. The molecule has 0 bridgehead atoms. The molecule has 0 N–H and O–H groups in total. The number of esters is 2. The number of carbonyl (C=O) groups excluding carboxylic acids is 2. The Morgan fingerprint density at radius 2 is 1.81 bits per heavy atom. The summed E-state index contributed by atoms with van der Waals surface area (Å²) in [5, 5.41) is 0. The molecular formula is C16H19NO4. The third kappa shape index (κ3) is 3.62. The number of hydrogen-bond donors (Lipinski definition) is 0. The summed E-state index contributed by atoms with van der Waals surface area (Å²) in [6.07, 6.45) is 3.55. The van der Waals surface area contributed by atoms with Crippen molar-refractivity contribution in [2.45, 2.75) is 6.54 Å². The van der Waals surface area contributed by atoms with Gasteiger partial charge in [0, 0.05) is 13.1 Å². The number of ether oxygens (including phenoxy) is 2. The van der Waals surface area contributed by atoms with Crippen molar-refractivity contribution in [2.75, 3.05) is 20.8 Å². The Bertz CT molecular complexity index is 526. The molecular weight excluding hydrogens is 270 g/mol. The largest absolute Gasteiger partial charge is 0.469 e. The van der Waals surface area contributed by atoms with Gasteiger partial charge in [0.25, 0.3) is 0 Å². The van der Waals surface area contributed by atoms with E-state index in [0.717, 1.165) is 5.56 Å². The van der Waals surface area contributed by atoms with E-state index in [1.807, 2.05) is 41.4 Å². The molecule has 2 rings (SSSR count). The monoisotopic (exact) mass is 289 g/mol. The van der Waals surface area contributed by atoms with Gasteiger partial charge in [0.05, 0.1) is 26.1 Å². The first kappa shape index (κ1) is 15.1. The van der Waals surface area contributed by atoms with Crippen molar-refractivity contribution < 1.29 is 19.1 Å². The smallest absolute Gasteiger partial charge is 0.313 e. The molecule has 0 radical (unpaired) electrons. The lowest BCUT2D eigenvalue weighted by molar-refractivity contribution is -0.156. The minimum absolute atomic E-state index is 0.396. The van der Waals surface area contributed by atoms with Crippen LogP contribution >= 0.6 is 0 Å². The topological polar surface area (TPSA) is 55.8 Å². The lowest BCUT2D eigenvalue weighted by atomic mass is 9.89. The van der Waals surface area contributed by atoms with Crippen molar-refractivity contribution in [3.8, 4) is 0 Å². The molecule has 0 spiro atoms. The third-order valence-electron chi connectivity index (χ3n) is 3.57. The van der Waals surface area contributed by atoms with Crippen molar-refractivity contribution in [1.29, 1.82) is 0 Å². The van der Waals surface area contributed by atoms with Gasteiger partial charge < -0.3 is 14.4 Å². The van der Waals surface area contributed by atoms with Crippen LogP contribution in [0, 0.1) is 11.8 Å². The standard InChI is InChI=1S/C16H19NO4/c1-20-15(18)13-8-9-17(11-14(13)16(19)21-2)10-12-6-4-3-5-7-12/h3-9,13-14H,10-11H2,1-2H3. The number of nitrogens with zero attached hydrogens (tertiary/aromatic N) is 1. The molecule has 1 aromatic carbocycles. The fraction of sp³-hybridized carbons (Fsp3) is 0.375. The molecule has 2 unspecified atom stereocenters. The Morgan fingerprint density at radius 3 is 2.43 bits per heavy atom. The van der Waals surface area contributed by atoms with Crippen LogP contribution in [0.2, 0.25) is 0 Å². The van der Waals surface area contributed by atoms with E-state index in [2.05, 4.69) is 0 Å². The predicted octanol–water partition coefficient (Wildman–Crippen LogP) is 1.59. The number of methoxy groups -OCH3 is 2. The second-order valence-electron chi connectivity index (χ2n) is 4.94. The number of hydrogen-bond acceptors (Lipinski definition) is 5. The van der Waals surface area contributed by atoms with Crippen LogP contribution in [0.4, 0.5) is 0 Å². The second kappa shape index (κ2) is 6.92. The van der Waals surface area contributed by atoms with E-state index in [9.17, 15) is 9.59 Å². The molecule has 1 heterocycles. The molecule has 0 fully saturated rings. The molecule has 0 aromatic heterocycles. The van der Waals surface area contributed by atoms with Gasteiger partial charge in [-0.3, -0.25) is 9.59 Å². The summed E-state index contributed by atoms with van der Waals surface area (Å²) in [5.41, 5.74) is 1.14. The molecule has 1 aliphatic heterocycles. The molecule has 2 atom stereocenters. The summed E-state index contributed by atoms with van der Waals surface area (Å²) in [7, 11) is 2.65. The number of carbonyl (C=O) groups is 2. The average Bonchev–Trinajstić information content (AvgIpc) is 2.54. The first-order valence-corrected chi connectivity index (χ1v) is 6.77. The van der Waals surface area contributed by atoms with E-state index < -0.39 is 23.8 Å². The first-order valence-electron chi connectivity index (χ1n) is 6.77. The predicted molar refractivity (Wildman–Crippen MR) is 77.0 cm³/mol. The molecule has 112 valence electrons. The molecule has 1 aromatic rings. The number of benzene rings is 1. The van der Waals surface area contributed by atoms with E-state index in [1.165, 1.54) is 14.2 Å². The lowest BCUT2D eigenvalue weighted by Crippen LogP contribution is -2.41. The van der Waals surface area contributed by atoms with Gasteiger partial charge in [-0.25, -0.2) is 0 Å². The molecule has 5 nitrogen and oxygen atoms in total. The summed E-state index contributed by atoms with van der Waals surface area (Å²) in [4.78, 5) is 25.7. The van der Waals surface area contributed by atoms with E-state index in [4.69, 9.17) is 9.47 Å². The Balaban J connectivity index is 2.13. The van der Waals surface area contributed by atoms with Crippen molar-refractivity contribution in [2.24, 2.45) is 11.8 Å². The molecule has 1 aliphatic rings. The van der Waals surface area contributed by atoms with Gasteiger partial charge >= 0.3 is 11.9 Å². The van der Waals surface area contributed by atoms with E-state index in [-0.39, 0.29) is 0 Å². The summed E-state index contributed by atoms with van der Waals surface area (Å²) >= 11 is 0. The van der Waals surface area contributed by atoms with Gasteiger partial charge in [-0.2, -0.15) is 0 Å². The van der Waals surface area contributed by atoms with Crippen molar-refractivity contribution in [1.82, 2.24) is 4.90 Å². The first-order chi connectivity index (χ1) is 10.2. The van der Waals surface area contributed by atoms with Crippen molar-refractivity contribution in [3.05, 3.63) is 48.2 Å². The zero-order valence-corrected chi connectivity index (χ0v) is 12.2. The highest BCUT2D eigenvalue weighted by Gasteiger charge is 2.37. The molecule has 0 saturated heterocycles. The van der Waals surface area contributed by atoms with Gasteiger partial charge in [-0.1, -0.05) is 36.4 Å². The van der Waals surface area contributed by atoms with Gasteiger partial charge in [-0.05, 0) is 11.8 Å². The second-order valence-corrected chi connectivity index (χ2v) is 4.94. The average molecular weight is 289 g/mol. The van der Waals surface area contributed by atoms with E-state index in [1.54, 1.807) is 6.08 Å². The zero-order valence-electron chi connectivity index (χ0n) is 12.2.